The Morgan fingerprint density at radius 2 is 2.26 bits per heavy atom. The Bertz CT molecular complexity index is 600. The average Bonchev–Trinajstić information content (AvgIpc) is 2.85. The molecule has 1 amide bonds. The van der Waals surface area contributed by atoms with Crippen molar-refractivity contribution < 1.29 is 18.3 Å². The first kappa shape index (κ1) is 13.4. The maximum absolute atomic E-state index is 12.9. The van der Waals surface area contributed by atoms with E-state index in [1.54, 1.807) is 6.07 Å². The summed E-state index contributed by atoms with van der Waals surface area (Å²) in [6, 6.07) is 5.34. The van der Waals surface area contributed by atoms with Gasteiger partial charge in [-0.25, -0.2) is 10.2 Å². The Kier molecular flexibility index (Phi) is 4.03. The number of hydrazine groups is 1. The molecule has 1 aromatic carbocycles. The van der Waals surface area contributed by atoms with Crippen LogP contribution in [0, 0.1) is 5.82 Å². The van der Waals surface area contributed by atoms with Crippen molar-refractivity contribution in [2.45, 2.75) is 6.61 Å². The van der Waals surface area contributed by atoms with E-state index in [0.717, 1.165) is 6.07 Å². The number of benzene rings is 1. The molecule has 0 atom stereocenters. The number of furan rings is 1. The fraction of sp³-hybridized carbons (Fsp3) is 0.0833. The predicted molar refractivity (Wildman–Crippen MR) is 66.1 cm³/mol. The van der Waals surface area contributed by atoms with Crippen molar-refractivity contribution in [1.82, 2.24) is 5.43 Å². The van der Waals surface area contributed by atoms with Gasteiger partial charge in [0, 0.05) is 5.56 Å². The first-order valence-corrected chi connectivity index (χ1v) is 5.64. The third-order valence-electron chi connectivity index (χ3n) is 2.36. The zero-order valence-corrected chi connectivity index (χ0v) is 10.4. The van der Waals surface area contributed by atoms with Gasteiger partial charge in [0.25, 0.3) is 0 Å². The van der Waals surface area contributed by atoms with Crippen molar-refractivity contribution in [2.75, 3.05) is 0 Å². The zero-order valence-electron chi connectivity index (χ0n) is 9.65. The highest BCUT2D eigenvalue weighted by Gasteiger charge is 2.15. The molecule has 2 aromatic rings. The SMILES string of the molecule is NNC(=O)c1occc1COc1ccc(F)cc1Cl. The van der Waals surface area contributed by atoms with Crippen LogP contribution in [-0.2, 0) is 6.61 Å². The maximum Gasteiger partial charge on any atom is 0.301 e. The first-order chi connectivity index (χ1) is 9.11. The van der Waals surface area contributed by atoms with Crippen LogP contribution in [0.5, 0.6) is 5.75 Å². The van der Waals surface area contributed by atoms with E-state index in [9.17, 15) is 9.18 Å². The lowest BCUT2D eigenvalue weighted by Gasteiger charge is -2.07. The third kappa shape index (κ3) is 3.04. The normalized spacial score (nSPS) is 10.3. The van der Waals surface area contributed by atoms with E-state index in [4.69, 9.17) is 26.6 Å². The number of hydrogen-bond donors (Lipinski definition) is 2. The summed E-state index contributed by atoms with van der Waals surface area (Å²) in [5.74, 6) is 4.37. The second-order valence-electron chi connectivity index (χ2n) is 3.61. The van der Waals surface area contributed by atoms with Gasteiger partial charge in [-0.1, -0.05) is 11.6 Å². The van der Waals surface area contributed by atoms with Crippen LogP contribution in [0.4, 0.5) is 4.39 Å². The summed E-state index contributed by atoms with van der Waals surface area (Å²) in [6.07, 6.45) is 1.34. The van der Waals surface area contributed by atoms with Gasteiger partial charge in [0.15, 0.2) is 5.76 Å². The minimum atomic E-state index is -0.561. The Morgan fingerprint density at radius 3 is 2.95 bits per heavy atom. The summed E-state index contributed by atoms with van der Waals surface area (Å²) in [6.45, 7) is 0.0462. The molecule has 1 heterocycles. The largest absolute Gasteiger partial charge is 0.487 e. The fourth-order valence-corrected chi connectivity index (χ4v) is 1.68. The fourth-order valence-electron chi connectivity index (χ4n) is 1.46. The molecule has 1 aromatic heterocycles. The molecule has 3 N–H and O–H groups in total. The molecule has 0 bridgehead atoms. The predicted octanol–water partition coefficient (Wildman–Crippen LogP) is 2.25. The summed E-state index contributed by atoms with van der Waals surface area (Å²) in [5.41, 5.74) is 2.46. The van der Waals surface area contributed by atoms with E-state index >= 15 is 0 Å². The summed E-state index contributed by atoms with van der Waals surface area (Å²) in [7, 11) is 0. The van der Waals surface area contributed by atoms with E-state index in [0.29, 0.717) is 11.3 Å². The lowest BCUT2D eigenvalue weighted by atomic mass is 10.2. The molecule has 100 valence electrons. The van der Waals surface area contributed by atoms with E-state index in [1.807, 2.05) is 5.43 Å². The molecule has 0 saturated heterocycles. The van der Waals surface area contributed by atoms with Crippen molar-refractivity contribution in [1.29, 1.82) is 0 Å². The number of rotatable bonds is 4. The standard InChI is InChI=1S/C12H10ClFN2O3/c13-9-5-8(14)1-2-10(9)19-6-7-3-4-18-11(7)12(17)16-15/h1-5H,6,15H2,(H,16,17). The minimum absolute atomic E-state index is 0.0462. The van der Waals surface area contributed by atoms with Gasteiger partial charge < -0.3 is 9.15 Å². The van der Waals surface area contributed by atoms with Gasteiger partial charge in [0.05, 0.1) is 11.3 Å². The van der Waals surface area contributed by atoms with Gasteiger partial charge in [-0.05, 0) is 24.3 Å². The summed E-state index contributed by atoms with van der Waals surface area (Å²) in [5, 5.41) is 0.147. The Morgan fingerprint density at radius 1 is 1.47 bits per heavy atom. The highest BCUT2D eigenvalue weighted by molar-refractivity contribution is 6.32. The smallest absolute Gasteiger partial charge is 0.301 e. The van der Waals surface area contributed by atoms with Gasteiger partial charge in [-0.2, -0.15) is 0 Å². The molecule has 0 fully saturated rings. The van der Waals surface area contributed by atoms with Gasteiger partial charge in [-0.15, -0.1) is 0 Å². The molecule has 0 radical (unpaired) electrons. The quantitative estimate of drug-likeness (QED) is 0.513. The van der Waals surface area contributed by atoms with Crippen LogP contribution in [0.3, 0.4) is 0 Å². The van der Waals surface area contributed by atoms with Crippen LogP contribution < -0.4 is 16.0 Å². The number of hydrogen-bond acceptors (Lipinski definition) is 4. The van der Waals surface area contributed by atoms with Crippen LogP contribution in [0.25, 0.3) is 0 Å². The van der Waals surface area contributed by atoms with Crippen molar-refractivity contribution in [3.63, 3.8) is 0 Å². The number of halogens is 2. The van der Waals surface area contributed by atoms with Crippen molar-refractivity contribution in [3.8, 4) is 5.75 Å². The Balaban J connectivity index is 2.10. The van der Waals surface area contributed by atoms with Crippen LogP contribution in [-0.4, -0.2) is 5.91 Å². The molecule has 0 aliphatic heterocycles. The lowest BCUT2D eigenvalue weighted by Crippen LogP contribution is -2.30. The molecule has 0 spiro atoms. The van der Waals surface area contributed by atoms with Gasteiger partial charge in [-0.3, -0.25) is 10.2 Å². The average molecular weight is 285 g/mol. The summed E-state index contributed by atoms with van der Waals surface area (Å²) in [4.78, 5) is 11.4. The first-order valence-electron chi connectivity index (χ1n) is 5.27. The monoisotopic (exact) mass is 284 g/mol. The Hall–Kier alpha value is -2.05. The van der Waals surface area contributed by atoms with Gasteiger partial charge in [0.2, 0.25) is 0 Å². The molecule has 19 heavy (non-hydrogen) atoms. The number of carbonyl (C=O) groups is 1. The number of nitrogens with two attached hydrogens (primary N) is 1. The van der Waals surface area contributed by atoms with Gasteiger partial charge in [0.1, 0.15) is 18.2 Å². The van der Waals surface area contributed by atoms with Crippen LogP contribution >= 0.6 is 11.6 Å². The molecule has 5 nitrogen and oxygen atoms in total. The third-order valence-corrected chi connectivity index (χ3v) is 2.66. The molecular formula is C12H10ClFN2O3. The van der Waals surface area contributed by atoms with E-state index in [1.165, 1.54) is 18.4 Å². The molecular weight excluding hydrogens is 275 g/mol. The maximum atomic E-state index is 12.9. The topological polar surface area (TPSA) is 77.5 Å². The number of nitrogen functional groups attached to an aromatic ring is 1. The molecule has 2 rings (SSSR count). The van der Waals surface area contributed by atoms with Crippen LogP contribution in [0.15, 0.2) is 34.9 Å². The second kappa shape index (κ2) is 5.73. The van der Waals surface area contributed by atoms with Gasteiger partial charge >= 0.3 is 5.91 Å². The second-order valence-corrected chi connectivity index (χ2v) is 4.02. The molecule has 0 saturated carbocycles. The van der Waals surface area contributed by atoms with E-state index in [2.05, 4.69) is 0 Å². The lowest BCUT2D eigenvalue weighted by molar-refractivity contribution is 0.0922. The summed E-state index contributed by atoms with van der Waals surface area (Å²) >= 11 is 5.81. The highest BCUT2D eigenvalue weighted by Crippen LogP contribution is 2.26. The Labute approximate surface area is 113 Å². The number of carbonyl (C=O) groups excluding carboxylic acids is 1. The van der Waals surface area contributed by atoms with Crippen molar-refractivity contribution >= 4 is 17.5 Å². The number of ether oxygens (including phenoxy) is 1. The number of nitrogens with one attached hydrogen (secondary N) is 1. The number of amides is 1. The van der Waals surface area contributed by atoms with Crippen molar-refractivity contribution in [2.24, 2.45) is 5.84 Å². The minimum Gasteiger partial charge on any atom is -0.487 e. The van der Waals surface area contributed by atoms with Crippen LogP contribution in [0.1, 0.15) is 16.1 Å². The van der Waals surface area contributed by atoms with Crippen LogP contribution in [0.2, 0.25) is 5.02 Å². The zero-order chi connectivity index (χ0) is 13.8. The molecule has 0 unspecified atom stereocenters. The summed E-state index contributed by atoms with van der Waals surface area (Å²) < 4.78 is 23.2. The van der Waals surface area contributed by atoms with Crippen molar-refractivity contribution in [3.05, 3.63) is 52.7 Å². The molecule has 7 heteroatoms. The van der Waals surface area contributed by atoms with E-state index in [-0.39, 0.29) is 17.4 Å². The molecule has 0 aliphatic rings. The molecule has 0 aliphatic carbocycles. The van der Waals surface area contributed by atoms with E-state index < -0.39 is 11.7 Å². The highest BCUT2D eigenvalue weighted by atomic mass is 35.5.